The third kappa shape index (κ3) is 4.25. The van der Waals surface area contributed by atoms with E-state index in [0.29, 0.717) is 0 Å². The van der Waals surface area contributed by atoms with E-state index in [2.05, 4.69) is 37.6 Å². The van der Waals surface area contributed by atoms with Crippen molar-refractivity contribution in [3.05, 3.63) is 68.0 Å². The van der Waals surface area contributed by atoms with Gasteiger partial charge in [-0.15, -0.1) is 0 Å². The number of H-pyrrole nitrogens is 1. The molecule has 0 spiro atoms. The summed E-state index contributed by atoms with van der Waals surface area (Å²) in [5.74, 6) is 5.72. The van der Waals surface area contributed by atoms with Gasteiger partial charge in [-0.1, -0.05) is 44.7 Å². The molecular formula is C21H24N2O5. The summed E-state index contributed by atoms with van der Waals surface area (Å²) in [5.41, 5.74) is 0.845. The van der Waals surface area contributed by atoms with E-state index in [4.69, 9.17) is 4.74 Å². The number of rotatable bonds is 2. The van der Waals surface area contributed by atoms with Crippen LogP contribution in [0.15, 0.2) is 40.1 Å². The van der Waals surface area contributed by atoms with Crippen molar-refractivity contribution in [3.63, 3.8) is 0 Å². The van der Waals surface area contributed by atoms with Crippen LogP contribution in [0.5, 0.6) is 0 Å². The highest BCUT2D eigenvalue weighted by Gasteiger charge is 2.35. The van der Waals surface area contributed by atoms with Crippen LogP contribution in [-0.2, 0) is 10.2 Å². The molecule has 3 rings (SSSR count). The van der Waals surface area contributed by atoms with Gasteiger partial charge in [0, 0.05) is 18.2 Å². The lowest BCUT2D eigenvalue weighted by Gasteiger charge is -2.18. The number of hydrogen-bond donors (Lipinski definition) is 3. The Morgan fingerprint density at radius 1 is 1.21 bits per heavy atom. The standard InChI is InChI=1S/C21H24N2O5/c1-21(2,3)15-8-5-13(6-9-15)4-7-14-11-23(20(27)22-19(14)26)18-10-16(25)17(12-24)28-18/h5-6,8-9,11,16-18,24-25H,10,12H2,1-3H3,(H,22,26,27)/t16-,17+,18+/m0/s1. The Hall–Kier alpha value is -2.66. The minimum absolute atomic E-state index is 0.0386. The zero-order chi connectivity index (χ0) is 20.5. The molecule has 1 aliphatic rings. The lowest BCUT2D eigenvalue weighted by atomic mass is 9.87. The predicted octanol–water partition coefficient (Wildman–Crippen LogP) is 0.875. The quantitative estimate of drug-likeness (QED) is 0.667. The molecule has 148 valence electrons. The van der Waals surface area contributed by atoms with Crippen molar-refractivity contribution in [2.45, 2.75) is 51.0 Å². The summed E-state index contributed by atoms with van der Waals surface area (Å²) >= 11 is 0. The average Bonchev–Trinajstić information content (AvgIpc) is 3.01. The third-order valence-electron chi connectivity index (χ3n) is 4.75. The maximum atomic E-state index is 12.1. The zero-order valence-corrected chi connectivity index (χ0v) is 16.1. The van der Waals surface area contributed by atoms with E-state index in [1.54, 1.807) is 0 Å². The van der Waals surface area contributed by atoms with Crippen LogP contribution in [0.25, 0.3) is 0 Å². The number of hydrogen-bond acceptors (Lipinski definition) is 5. The molecule has 0 radical (unpaired) electrons. The van der Waals surface area contributed by atoms with E-state index in [1.807, 2.05) is 24.3 Å². The largest absolute Gasteiger partial charge is 0.394 e. The summed E-state index contributed by atoms with van der Waals surface area (Å²) in [6.45, 7) is 6.02. The van der Waals surface area contributed by atoms with Crippen LogP contribution in [-0.4, -0.2) is 38.6 Å². The minimum atomic E-state index is -0.885. The summed E-state index contributed by atoms with van der Waals surface area (Å²) < 4.78 is 6.67. The monoisotopic (exact) mass is 384 g/mol. The van der Waals surface area contributed by atoms with E-state index >= 15 is 0 Å². The molecule has 0 unspecified atom stereocenters. The van der Waals surface area contributed by atoms with E-state index in [1.165, 1.54) is 16.3 Å². The molecule has 2 heterocycles. The van der Waals surface area contributed by atoms with Gasteiger partial charge in [0.15, 0.2) is 0 Å². The molecule has 3 atom stereocenters. The highest BCUT2D eigenvalue weighted by atomic mass is 16.5. The molecule has 7 heteroatoms. The molecule has 1 saturated heterocycles. The van der Waals surface area contributed by atoms with Crippen LogP contribution < -0.4 is 11.2 Å². The molecule has 2 aromatic rings. The van der Waals surface area contributed by atoms with Gasteiger partial charge >= 0.3 is 5.69 Å². The van der Waals surface area contributed by atoms with Gasteiger partial charge in [-0.05, 0) is 23.1 Å². The molecule has 1 aliphatic heterocycles. The van der Waals surface area contributed by atoms with Crippen LogP contribution in [0.1, 0.15) is 50.1 Å². The van der Waals surface area contributed by atoms with E-state index in [9.17, 15) is 19.8 Å². The summed E-state index contributed by atoms with van der Waals surface area (Å²) in [7, 11) is 0. The fourth-order valence-corrected chi connectivity index (χ4v) is 3.03. The third-order valence-corrected chi connectivity index (χ3v) is 4.75. The number of aliphatic hydroxyl groups is 2. The Balaban J connectivity index is 1.89. The van der Waals surface area contributed by atoms with Crippen molar-refractivity contribution in [3.8, 4) is 11.8 Å². The highest BCUT2D eigenvalue weighted by molar-refractivity contribution is 5.42. The summed E-state index contributed by atoms with van der Waals surface area (Å²) in [4.78, 5) is 26.4. The van der Waals surface area contributed by atoms with E-state index < -0.39 is 29.7 Å². The van der Waals surface area contributed by atoms with Gasteiger partial charge in [0.2, 0.25) is 0 Å². The predicted molar refractivity (Wildman–Crippen MR) is 104 cm³/mol. The minimum Gasteiger partial charge on any atom is -0.394 e. The normalized spacial score (nSPS) is 22.0. The smallest absolute Gasteiger partial charge is 0.330 e. The van der Waals surface area contributed by atoms with Gasteiger partial charge in [-0.3, -0.25) is 14.3 Å². The molecule has 1 aromatic carbocycles. The molecule has 1 fully saturated rings. The number of aromatic nitrogens is 2. The maximum Gasteiger partial charge on any atom is 0.330 e. The first kappa shape index (κ1) is 20.1. The number of nitrogens with one attached hydrogen (secondary N) is 1. The molecular weight excluding hydrogens is 360 g/mol. The molecule has 0 bridgehead atoms. The van der Waals surface area contributed by atoms with Crippen molar-refractivity contribution >= 4 is 0 Å². The Morgan fingerprint density at radius 2 is 1.89 bits per heavy atom. The number of aliphatic hydroxyl groups excluding tert-OH is 2. The Morgan fingerprint density at radius 3 is 2.46 bits per heavy atom. The van der Waals surface area contributed by atoms with Crippen molar-refractivity contribution in [1.29, 1.82) is 0 Å². The number of benzene rings is 1. The van der Waals surface area contributed by atoms with Crippen molar-refractivity contribution in [2.75, 3.05) is 6.61 Å². The maximum absolute atomic E-state index is 12.1. The molecule has 3 N–H and O–H groups in total. The zero-order valence-electron chi connectivity index (χ0n) is 16.1. The van der Waals surface area contributed by atoms with Crippen LogP contribution in [0.3, 0.4) is 0 Å². The second-order valence-corrected chi connectivity index (χ2v) is 7.90. The van der Waals surface area contributed by atoms with Gasteiger partial charge in [-0.2, -0.15) is 0 Å². The van der Waals surface area contributed by atoms with Gasteiger partial charge < -0.3 is 14.9 Å². The van der Waals surface area contributed by atoms with Gasteiger partial charge in [0.05, 0.1) is 12.7 Å². The van der Waals surface area contributed by atoms with Crippen LogP contribution in [0, 0.1) is 11.8 Å². The Kier molecular flexibility index (Phi) is 5.57. The van der Waals surface area contributed by atoms with Gasteiger partial charge in [0.25, 0.3) is 5.56 Å². The van der Waals surface area contributed by atoms with Crippen molar-refractivity contribution < 1.29 is 14.9 Å². The lowest BCUT2D eigenvalue weighted by Crippen LogP contribution is -2.33. The molecule has 0 amide bonds. The SMILES string of the molecule is CC(C)(C)c1ccc(C#Cc2cn([C@H]3C[C@H](O)[C@@H](CO)O3)c(=O)[nH]c2=O)cc1. The van der Waals surface area contributed by atoms with Gasteiger partial charge in [-0.25, -0.2) is 4.79 Å². The number of aromatic amines is 1. The van der Waals surface area contributed by atoms with Crippen LogP contribution >= 0.6 is 0 Å². The molecule has 28 heavy (non-hydrogen) atoms. The number of ether oxygens (including phenoxy) is 1. The first-order valence-corrected chi connectivity index (χ1v) is 9.11. The average molecular weight is 384 g/mol. The van der Waals surface area contributed by atoms with Crippen LogP contribution in [0.2, 0.25) is 0 Å². The lowest BCUT2D eigenvalue weighted by molar-refractivity contribution is -0.0459. The molecule has 0 saturated carbocycles. The Labute approximate surface area is 162 Å². The first-order valence-electron chi connectivity index (χ1n) is 9.11. The fraction of sp³-hybridized carbons (Fsp3) is 0.429. The molecule has 1 aromatic heterocycles. The second kappa shape index (κ2) is 7.76. The fourth-order valence-electron chi connectivity index (χ4n) is 3.03. The highest BCUT2D eigenvalue weighted by Crippen LogP contribution is 2.27. The summed E-state index contributed by atoms with van der Waals surface area (Å²) in [6, 6.07) is 7.77. The first-order chi connectivity index (χ1) is 13.2. The Bertz CT molecular complexity index is 1020. The van der Waals surface area contributed by atoms with Crippen LogP contribution in [0.4, 0.5) is 0 Å². The van der Waals surface area contributed by atoms with Crippen molar-refractivity contribution in [2.24, 2.45) is 0 Å². The molecule has 7 nitrogen and oxygen atoms in total. The topological polar surface area (TPSA) is 105 Å². The second-order valence-electron chi connectivity index (χ2n) is 7.90. The van der Waals surface area contributed by atoms with Gasteiger partial charge in [0.1, 0.15) is 17.9 Å². The van der Waals surface area contributed by atoms with E-state index in [-0.39, 0.29) is 24.0 Å². The molecule has 0 aliphatic carbocycles. The summed E-state index contributed by atoms with van der Waals surface area (Å²) in [6.07, 6.45) is -0.958. The van der Waals surface area contributed by atoms with Crippen molar-refractivity contribution in [1.82, 2.24) is 9.55 Å². The number of nitrogens with zero attached hydrogens (tertiary/aromatic N) is 1. The summed E-state index contributed by atoms with van der Waals surface area (Å²) in [5, 5.41) is 19.1. The van der Waals surface area contributed by atoms with E-state index in [0.717, 1.165) is 5.56 Å².